The van der Waals surface area contributed by atoms with E-state index in [1.54, 1.807) is 11.3 Å². The van der Waals surface area contributed by atoms with Gasteiger partial charge in [0.15, 0.2) is 0 Å². The van der Waals surface area contributed by atoms with Gasteiger partial charge in [0.05, 0.1) is 6.10 Å². The number of benzene rings is 1. The molecule has 2 aromatic rings. The molecular weight excluding hydrogens is 283 g/mol. The number of halogens is 2. The van der Waals surface area contributed by atoms with Crippen molar-refractivity contribution in [3.05, 3.63) is 57.0 Å². The van der Waals surface area contributed by atoms with E-state index in [2.05, 4.69) is 11.4 Å². The predicted molar refractivity (Wildman–Crippen MR) is 78.4 cm³/mol. The van der Waals surface area contributed by atoms with E-state index < -0.39 is 6.10 Å². The number of aliphatic hydroxyl groups excluding tert-OH is 1. The average Bonchev–Trinajstić information content (AvgIpc) is 2.87. The number of thiophene rings is 1. The van der Waals surface area contributed by atoms with E-state index in [9.17, 15) is 9.50 Å². The van der Waals surface area contributed by atoms with Crippen LogP contribution in [0.3, 0.4) is 0 Å². The third-order valence-corrected chi connectivity index (χ3v) is 4.31. The Hall–Kier alpha value is -0.900. The summed E-state index contributed by atoms with van der Waals surface area (Å²) in [5.41, 5.74) is 0.672. The molecule has 0 bridgehead atoms. The van der Waals surface area contributed by atoms with Crippen molar-refractivity contribution < 1.29 is 9.50 Å². The summed E-state index contributed by atoms with van der Waals surface area (Å²) in [5.74, 6) is -0.315. The van der Waals surface area contributed by atoms with Gasteiger partial charge < -0.3 is 5.11 Å². The van der Waals surface area contributed by atoms with Gasteiger partial charge in [-0.3, -0.25) is 0 Å². The van der Waals surface area contributed by atoms with Gasteiger partial charge in [-0.1, -0.05) is 17.7 Å². The van der Waals surface area contributed by atoms with Crippen molar-refractivity contribution >= 4 is 22.9 Å². The van der Waals surface area contributed by atoms with E-state index in [4.69, 9.17) is 11.6 Å². The molecule has 0 saturated heterocycles. The summed E-state index contributed by atoms with van der Waals surface area (Å²) in [4.78, 5) is 1.33. The lowest BCUT2D eigenvalue weighted by Gasteiger charge is -2.11. The first kappa shape index (κ1) is 14.5. The van der Waals surface area contributed by atoms with Crippen molar-refractivity contribution in [2.24, 2.45) is 0 Å². The van der Waals surface area contributed by atoms with Gasteiger partial charge in [-0.25, -0.2) is 4.39 Å². The Bertz CT molecular complexity index is 513. The standard InChI is InChI=1S/C15H16ClFOS/c16-15-7-6-12(17)9-11(15)10-13(18)3-1-4-14-5-2-8-19-14/h2,5-9,13,18H,1,3-4,10H2. The van der Waals surface area contributed by atoms with Crippen LogP contribution in [0.15, 0.2) is 35.7 Å². The van der Waals surface area contributed by atoms with Crippen molar-refractivity contribution in [3.63, 3.8) is 0 Å². The number of aryl methyl sites for hydroxylation is 1. The highest BCUT2D eigenvalue weighted by Gasteiger charge is 2.09. The molecule has 0 aliphatic carbocycles. The van der Waals surface area contributed by atoms with Crippen molar-refractivity contribution in [1.29, 1.82) is 0 Å². The maximum atomic E-state index is 13.1. The van der Waals surface area contributed by atoms with E-state index in [0.29, 0.717) is 23.4 Å². The smallest absolute Gasteiger partial charge is 0.123 e. The zero-order valence-corrected chi connectivity index (χ0v) is 12.1. The Morgan fingerprint density at radius 1 is 1.32 bits per heavy atom. The van der Waals surface area contributed by atoms with Crippen molar-refractivity contribution in [2.75, 3.05) is 0 Å². The lowest BCUT2D eigenvalue weighted by atomic mass is 10.0. The highest BCUT2D eigenvalue weighted by atomic mass is 35.5. The Kier molecular flexibility index (Phi) is 5.37. The van der Waals surface area contributed by atoms with Crippen LogP contribution in [0.2, 0.25) is 5.02 Å². The lowest BCUT2D eigenvalue weighted by molar-refractivity contribution is 0.162. The van der Waals surface area contributed by atoms with Crippen LogP contribution < -0.4 is 0 Å². The minimum Gasteiger partial charge on any atom is -0.393 e. The molecule has 0 amide bonds. The molecule has 4 heteroatoms. The van der Waals surface area contributed by atoms with Gasteiger partial charge >= 0.3 is 0 Å². The van der Waals surface area contributed by atoms with Gasteiger partial charge in [0.1, 0.15) is 5.82 Å². The lowest BCUT2D eigenvalue weighted by Crippen LogP contribution is -2.11. The van der Waals surface area contributed by atoms with Gasteiger partial charge in [-0.2, -0.15) is 0 Å². The maximum Gasteiger partial charge on any atom is 0.123 e. The Morgan fingerprint density at radius 3 is 2.89 bits per heavy atom. The average molecular weight is 299 g/mol. The van der Waals surface area contributed by atoms with Gasteiger partial charge in [0.25, 0.3) is 0 Å². The maximum absolute atomic E-state index is 13.1. The van der Waals surface area contributed by atoms with E-state index in [1.165, 1.54) is 23.1 Å². The molecule has 19 heavy (non-hydrogen) atoms. The van der Waals surface area contributed by atoms with Crippen molar-refractivity contribution in [3.8, 4) is 0 Å². The van der Waals surface area contributed by atoms with Crippen LogP contribution in [-0.4, -0.2) is 11.2 Å². The summed E-state index contributed by atoms with van der Waals surface area (Å²) in [6.45, 7) is 0. The van der Waals surface area contributed by atoms with E-state index in [1.807, 2.05) is 6.07 Å². The molecule has 1 nitrogen and oxygen atoms in total. The minimum atomic E-state index is -0.473. The Labute approximate surface area is 121 Å². The molecule has 0 fully saturated rings. The number of aliphatic hydroxyl groups is 1. The van der Waals surface area contributed by atoms with Crippen LogP contribution in [-0.2, 0) is 12.8 Å². The summed E-state index contributed by atoms with van der Waals surface area (Å²) in [6, 6.07) is 8.38. The first-order chi connectivity index (χ1) is 9.15. The molecule has 0 saturated carbocycles. The largest absolute Gasteiger partial charge is 0.393 e. The Morgan fingerprint density at radius 2 is 2.16 bits per heavy atom. The van der Waals surface area contributed by atoms with Gasteiger partial charge in [0, 0.05) is 9.90 Å². The topological polar surface area (TPSA) is 20.2 Å². The summed E-state index contributed by atoms with van der Waals surface area (Å²) in [5, 5.41) is 12.5. The zero-order chi connectivity index (χ0) is 13.7. The molecule has 1 heterocycles. The van der Waals surface area contributed by atoms with Crippen LogP contribution in [0.1, 0.15) is 23.3 Å². The van der Waals surface area contributed by atoms with Crippen LogP contribution in [0.5, 0.6) is 0 Å². The van der Waals surface area contributed by atoms with Crippen molar-refractivity contribution in [2.45, 2.75) is 31.8 Å². The fourth-order valence-electron chi connectivity index (χ4n) is 2.02. The molecule has 0 radical (unpaired) electrons. The second kappa shape index (κ2) is 7.04. The van der Waals surface area contributed by atoms with Crippen molar-refractivity contribution in [1.82, 2.24) is 0 Å². The van der Waals surface area contributed by atoms with E-state index in [-0.39, 0.29) is 5.82 Å². The molecule has 1 N–H and O–H groups in total. The molecule has 1 atom stereocenters. The molecule has 0 aliphatic heterocycles. The molecule has 1 unspecified atom stereocenters. The molecule has 1 aromatic carbocycles. The highest BCUT2D eigenvalue weighted by molar-refractivity contribution is 7.09. The number of hydrogen-bond donors (Lipinski definition) is 1. The summed E-state index contributed by atoms with van der Waals surface area (Å²) < 4.78 is 13.1. The minimum absolute atomic E-state index is 0.315. The fourth-order valence-corrected chi connectivity index (χ4v) is 2.97. The second-order valence-electron chi connectivity index (χ2n) is 4.57. The first-order valence-electron chi connectivity index (χ1n) is 6.29. The molecule has 0 aliphatic rings. The first-order valence-corrected chi connectivity index (χ1v) is 7.55. The summed E-state index contributed by atoms with van der Waals surface area (Å²) in [6.07, 6.45) is 2.53. The molecule has 0 spiro atoms. The summed E-state index contributed by atoms with van der Waals surface area (Å²) in [7, 11) is 0. The monoisotopic (exact) mass is 298 g/mol. The Balaban J connectivity index is 1.80. The summed E-state index contributed by atoms with van der Waals surface area (Å²) >= 11 is 7.71. The zero-order valence-electron chi connectivity index (χ0n) is 10.5. The van der Waals surface area contributed by atoms with E-state index >= 15 is 0 Å². The van der Waals surface area contributed by atoms with Crippen LogP contribution in [0, 0.1) is 5.82 Å². The van der Waals surface area contributed by atoms with Gasteiger partial charge in [-0.05, 0) is 60.9 Å². The van der Waals surface area contributed by atoms with Gasteiger partial charge in [0.2, 0.25) is 0 Å². The van der Waals surface area contributed by atoms with Crippen LogP contribution in [0.25, 0.3) is 0 Å². The molecular formula is C15H16ClFOS. The third-order valence-electron chi connectivity index (χ3n) is 3.00. The van der Waals surface area contributed by atoms with E-state index in [0.717, 1.165) is 12.8 Å². The molecule has 2 rings (SSSR count). The third kappa shape index (κ3) is 4.60. The SMILES string of the molecule is OC(CCCc1cccs1)Cc1cc(F)ccc1Cl. The van der Waals surface area contributed by atoms with Gasteiger partial charge in [-0.15, -0.1) is 11.3 Å². The number of hydrogen-bond acceptors (Lipinski definition) is 2. The normalized spacial score (nSPS) is 12.6. The quantitative estimate of drug-likeness (QED) is 0.834. The second-order valence-corrected chi connectivity index (χ2v) is 6.00. The van der Waals surface area contributed by atoms with Crippen LogP contribution >= 0.6 is 22.9 Å². The van der Waals surface area contributed by atoms with Crippen LogP contribution in [0.4, 0.5) is 4.39 Å². The predicted octanol–water partition coefficient (Wildman–Crippen LogP) is 4.47. The number of rotatable bonds is 6. The molecule has 1 aromatic heterocycles. The molecule has 102 valence electrons. The fraction of sp³-hybridized carbons (Fsp3) is 0.333. The highest BCUT2D eigenvalue weighted by Crippen LogP contribution is 2.20.